The van der Waals surface area contributed by atoms with Crippen LogP contribution in [0.25, 0.3) is 0 Å². The van der Waals surface area contributed by atoms with Gasteiger partial charge in [-0.15, -0.1) is 0 Å². The Balaban J connectivity index is 1.93. The molecule has 130 valence electrons. The average Bonchev–Trinajstić information content (AvgIpc) is 2.54. The number of hydrogen-bond acceptors (Lipinski definition) is 4. The lowest BCUT2D eigenvalue weighted by molar-refractivity contribution is 0.323. The zero-order chi connectivity index (χ0) is 17.7. The fourth-order valence-electron chi connectivity index (χ4n) is 1.91. The third kappa shape index (κ3) is 4.86. The van der Waals surface area contributed by atoms with Gasteiger partial charge in [0.15, 0.2) is 0 Å². The second kappa shape index (κ2) is 8.20. The van der Waals surface area contributed by atoms with Crippen LogP contribution in [-0.4, -0.2) is 28.7 Å². The molecular weight excluding hydrogens is 418 g/mol. The summed E-state index contributed by atoms with van der Waals surface area (Å²) < 4.78 is 38.1. The maximum Gasteiger partial charge on any atom is 0.240 e. The number of halogens is 2. The normalized spacial score (nSPS) is 11.3. The van der Waals surface area contributed by atoms with E-state index < -0.39 is 10.0 Å². The molecule has 1 N–H and O–H groups in total. The molecule has 0 saturated carbocycles. The molecule has 2 aromatic carbocycles. The highest BCUT2D eigenvalue weighted by Gasteiger charge is 2.15. The first-order chi connectivity index (χ1) is 11.3. The Morgan fingerprint density at radius 1 is 1.21 bits per heavy atom. The van der Waals surface area contributed by atoms with Crippen LogP contribution in [0.4, 0.5) is 0 Å². The molecule has 0 spiro atoms. The Morgan fingerprint density at radius 2 is 1.96 bits per heavy atom. The molecule has 24 heavy (non-hydrogen) atoms. The quantitative estimate of drug-likeness (QED) is 0.674. The van der Waals surface area contributed by atoms with E-state index in [1.54, 1.807) is 18.2 Å². The van der Waals surface area contributed by atoms with Crippen LogP contribution in [0.2, 0.25) is 5.02 Å². The molecule has 0 unspecified atom stereocenters. The molecule has 2 rings (SSSR count). The summed E-state index contributed by atoms with van der Waals surface area (Å²) in [7, 11) is -2.10. The van der Waals surface area contributed by atoms with Gasteiger partial charge in [0.25, 0.3) is 0 Å². The zero-order valence-corrected chi connectivity index (χ0v) is 16.3. The first kappa shape index (κ1) is 19.1. The monoisotopic (exact) mass is 433 g/mol. The molecule has 5 nitrogen and oxygen atoms in total. The predicted octanol–water partition coefficient (Wildman–Crippen LogP) is 3.78. The third-order valence-electron chi connectivity index (χ3n) is 3.24. The van der Waals surface area contributed by atoms with Crippen molar-refractivity contribution in [2.45, 2.75) is 11.8 Å². The minimum Gasteiger partial charge on any atom is -0.496 e. The van der Waals surface area contributed by atoms with Crippen molar-refractivity contribution >= 4 is 37.6 Å². The van der Waals surface area contributed by atoms with Crippen molar-refractivity contribution in [3.63, 3.8) is 0 Å². The number of sulfonamides is 1. The minimum atomic E-state index is -3.62. The van der Waals surface area contributed by atoms with Gasteiger partial charge < -0.3 is 9.47 Å². The van der Waals surface area contributed by atoms with E-state index in [2.05, 4.69) is 20.7 Å². The number of benzene rings is 2. The summed E-state index contributed by atoms with van der Waals surface area (Å²) in [6.07, 6.45) is 0. The number of methoxy groups -OCH3 is 1. The molecule has 0 amide bonds. The van der Waals surface area contributed by atoms with Gasteiger partial charge in [-0.1, -0.05) is 17.7 Å². The van der Waals surface area contributed by atoms with E-state index in [1.807, 2.05) is 13.0 Å². The van der Waals surface area contributed by atoms with Gasteiger partial charge in [0.05, 0.1) is 16.5 Å². The minimum absolute atomic E-state index is 0.136. The SMILES string of the molecule is COc1ccc(S(=O)(=O)NCCOc2ccc(C)c(Cl)c2)cc1Br. The summed E-state index contributed by atoms with van der Waals surface area (Å²) in [5.41, 5.74) is 0.954. The van der Waals surface area contributed by atoms with Crippen LogP contribution < -0.4 is 14.2 Å². The highest BCUT2D eigenvalue weighted by atomic mass is 79.9. The largest absolute Gasteiger partial charge is 0.496 e. The van der Waals surface area contributed by atoms with Gasteiger partial charge in [-0.25, -0.2) is 13.1 Å². The Hall–Kier alpha value is -1.28. The van der Waals surface area contributed by atoms with Gasteiger partial charge in [0.2, 0.25) is 10.0 Å². The van der Waals surface area contributed by atoms with Crippen LogP contribution in [-0.2, 0) is 10.0 Å². The second-order valence-corrected chi connectivity index (χ2v) is 7.98. The van der Waals surface area contributed by atoms with Crippen LogP contribution in [0.3, 0.4) is 0 Å². The first-order valence-electron chi connectivity index (χ1n) is 7.05. The van der Waals surface area contributed by atoms with Crippen molar-refractivity contribution < 1.29 is 17.9 Å². The molecule has 8 heteroatoms. The Labute approximate surface area is 155 Å². The average molecular weight is 435 g/mol. The van der Waals surface area contributed by atoms with Crippen molar-refractivity contribution in [2.75, 3.05) is 20.3 Å². The predicted molar refractivity (Wildman–Crippen MR) is 97.6 cm³/mol. The number of hydrogen-bond donors (Lipinski definition) is 1. The molecule has 0 saturated heterocycles. The summed E-state index contributed by atoms with van der Waals surface area (Å²) in [5, 5.41) is 0.608. The Bertz CT molecular complexity index is 827. The van der Waals surface area contributed by atoms with Gasteiger partial charge in [-0.05, 0) is 58.7 Å². The standard InChI is InChI=1S/C16H17BrClNO4S/c1-11-3-4-12(9-15(11)18)23-8-7-19-24(20,21)13-5-6-16(22-2)14(17)10-13/h3-6,9-10,19H,7-8H2,1-2H3. The van der Waals surface area contributed by atoms with Crippen LogP contribution in [0.15, 0.2) is 45.8 Å². The molecule has 0 aliphatic heterocycles. The van der Waals surface area contributed by atoms with Crippen molar-refractivity contribution in [1.29, 1.82) is 0 Å². The van der Waals surface area contributed by atoms with Gasteiger partial charge in [0, 0.05) is 11.6 Å². The Morgan fingerprint density at radius 3 is 2.58 bits per heavy atom. The van der Waals surface area contributed by atoms with E-state index >= 15 is 0 Å². The van der Waals surface area contributed by atoms with Crippen molar-refractivity contribution in [3.8, 4) is 11.5 Å². The van der Waals surface area contributed by atoms with E-state index in [4.69, 9.17) is 21.1 Å². The van der Waals surface area contributed by atoms with Crippen molar-refractivity contribution in [3.05, 3.63) is 51.5 Å². The molecule has 0 bridgehead atoms. The van der Waals surface area contributed by atoms with Crippen LogP contribution in [0.1, 0.15) is 5.56 Å². The summed E-state index contributed by atoms with van der Waals surface area (Å²) in [6.45, 7) is 2.22. The van der Waals surface area contributed by atoms with E-state index in [0.29, 0.717) is 21.0 Å². The summed E-state index contributed by atoms with van der Waals surface area (Å²) in [6, 6.07) is 9.89. The summed E-state index contributed by atoms with van der Waals surface area (Å²) in [4.78, 5) is 0.147. The number of aryl methyl sites for hydroxylation is 1. The molecule has 0 heterocycles. The fraction of sp³-hybridized carbons (Fsp3) is 0.250. The summed E-state index contributed by atoms with van der Waals surface area (Å²) in [5.74, 6) is 1.16. The number of rotatable bonds is 7. The van der Waals surface area contributed by atoms with Gasteiger partial charge in [-0.2, -0.15) is 0 Å². The maximum atomic E-state index is 12.2. The molecule has 0 aliphatic carbocycles. The van der Waals surface area contributed by atoms with Gasteiger partial charge in [-0.3, -0.25) is 0 Å². The van der Waals surface area contributed by atoms with Gasteiger partial charge >= 0.3 is 0 Å². The van der Waals surface area contributed by atoms with E-state index in [1.165, 1.54) is 19.2 Å². The molecule has 0 aliphatic rings. The van der Waals surface area contributed by atoms with Crippen molar-refractivity contribution in [2.24, 2.45) is 0 Å². The van der Waals surface area contributed by atoms with Crippen molar-refractivity contribution in [1.82, 2.24) is 4.72 Å². The second-order valence-electron chi connectivity index (χ2n) is 4.95. The van der Waals surface area contributed by atoms with E-state index in [9.17, 15) is 8.42 Å². The van der Waals surface area contributed by atoms with Crippen LogP contribution >= 0.6 is 27.5 Å². The molecule has 0 radical (unpaired) electrons. The summed E-state index contributed by atoms with van der Waals surface area (Å²) >= 11 is 9.28. The highest BCUT2D eigenvalue weighted by molar-refractivity contribution is 9.10. The smallest absolute Gasteiger partial charge is 0.240 e. The molecule has 0 fully saturated rings. The first-order valence-corrected chi connectivity index (χ1v) is 9.71. The third-order valence-corrected chi connectivity index (χ3v) is 5.73. The molecule has 2 aromatic rings. The molecule has 0 atom stereocenters. The topological polar surface area (TPSA) is 64.6 Å². The van der Waals surface area contributed by atoms with Gasteiger partial charge in [0.1, 0.15) is 18.1 Å². The zero-order valence-electron chi connectivity index (χ0n) is 13.2. The Kier molecular flexibility index (Phi) is 6.51. The maximum absolute atomic E-state index is 12.2. The lowest BCUT2D eigenvalue weighted by Crippen LogP contribution is -2.28. The lowest BCUT2D eigenvalue weighted by atomic mass is 10.2. The van der Waals surface area contributed by atoms with E-state index in [0.717, 1.165) is 5.56 Å². The van der Waals surface area contributed by atoms with Crippen LogP contribution in [0.5, 0.6) is 11.5 Å². The fourth-order valence-corrected chi connectivity index (χ4v) is 3.81. The number of nitrogens with one attached hydrogen (secondary N) is 1. The van der Waals surface area contributed by atoms with Crippen LogP contribution in [0, 0.1) is 6.92 Å². The molecular formula is C16H17BrClNO4S. The van der Waals surface area contributed by atoms with E-state index in [-0.39, 0.29) is 18.0 Å². The molecule has 0 aromatic heterocycles. The lowest BCUT2D eigenvalue weighted by Gasteiger charge is -2.10. The highest BCUT2D eigenvalue weighted by Crippen LogP contribution is 2.27. The number of ether oxygens (including phenoxy) is 2.